The highest BCUT2D eigenvalue weighted by Gasteiger charge is 2.25. The van der Waals surface area contributed by atoms with Gasteiger partial charge in [-0.05, 0) is 26.7 Å². The molecule has 1 heterocycles. The molecule has 0 bridgehead atoms. The number of piperidine rings is 1. The number of nitrogens with zero attached hydrogens (tertiary/aromatic N) is 1. The van der Waals surface area contributed by atoms with Crippen LogP contribution in [-0.4, -0.2) is 27.6 Å². The van der Waals surface area contributed by atoms with E-state index in [1.165, 1.54) is 12.8 Å². The standard InChI is InChI=1S/C8H17IN2/c1-6-3-4-8(10)5-11(6)7(2)9/h6-8H,3-5,10H2,1-2H3/t6-,7?,8+/m0/s1. The van der Waals surface area contributed by atoms with Crippen molar-refractivity contribution >= 4 is 22.6 Å². The Morgan fingerprint density at radius 1 is 1.55 bits per heavy atom. The molecular formula is C8H17IN2. The quantitative estimate of drug-likeness (QED) is 0.444. The Morgan fingerprint density at radius 2 is 2.18 bits per heavy atom. The second-order valence-electron chi connectivity index (χ2n) is 3.46. The SMILES string of the molecule is CC(I)N1C[C@H](N)CC[C@@H]1C. The van der Waals surface area contributed by atoms with Crippen LogP contribution in [0, 0.1) is 0 Å². The van der Waals surface area contributed by atoms with Crippen LogP contribution in [-0.2, 0) is 0 Å². The molecular weight excluding hydrogens is 251 g/mol. The third-order valence-electron chi connectivity index (χ3n) is 2.42. The molecule has 66 valence electrons. The maximum Gasteiger partial charge on any atom is 0.0592 e. The van der Waals surface area contributed by atoms with E-state index in [0.717, 1.165) is 12.6 Å². The van der Waals surface area contributed by atoms with Gasteiger partial charge in [-0.2, -0.15) is 0 Å². The fraction of sp³-hybridized carbons (Fsp3) is 1.00. The molecule has 0 amide bonds. The predicted octanol–water partition coefficient (Wildman–Crippen LogP) is 1.58. The van der Waals surface area contributed by atoms with Gasteiger partial charge in [0.2, 0.25) is 0 Å². The number of hydrogen-bond acceptors (Lipinski definition) is 2. The summed E-state index contributed by atoms with van der Waals surface area (Å²) >= 11 is 2.46. The maximum absolute atomic E-state index is 5.88. The van der Waals surface area contributed by atoms with Crippen molar-refractivity contribution in [2.45, 2.75) is 42.8 Å². The molecule has 1 aliphatic rings. The van der Waals surface area contributed by atoms with E-state index >= 15 is 0 Å². The number of halogens is 1. The van der Waals surface area contributed by atoms with Crippen LogP contribution < -0.4 is 5.73 Å². The Hall–Kier alpha value is 0.650. The smallest absolute Gasteiger partial charge is 0.0592 e. The Morgan fingerprint density at radius 3 is 2.64 bits per heavy atom. The van der Waals surface area contributed by atoms with Crippen LogP contribution in [0.25, 0.3) is 0 Å². The van der Waals surface area contributed by atoms with Gasteiger partial charge in [0.15, 0.2) is 0 Å². The van der Waals surface area contributed by atoms with Gasteiger partial charge in [0.05, 0.1) is 4.05 Å². The molecule has 3 heteroatoms. The fourth-order valence-corrected chi connectivity index (χ4v) is 2.44. The summed E-state index contributed by atoms with van der Waals surface area (Å²) in [5.41, 5.74) is 5.88. The Bertz CT molecular complexity index is 127. The number of rotatable bonds is 1. The molecule has 0 spiro atoms. The van der Waals surface area contributed by atoms with E-state index in [1.807, 2.05) is 0 Å². The minimum Gasteiger partial charge on any atom is -0.327 e. The van der Waals surface area contributed by atoms with Gasteiger partial charge >= 0.3 is 0 Å². The summed E-state index contributed by atoms with van der Waals surface area (Å²) in [5.74, 6) is 0. The minimum atomic E-state index is 0.406. The van der Waals surface area contributed by atoms with Gasteiger partial charge < -0.3 is 5.73 Å². The number of nitrogens with two attached hydrogens (primary N) is 1. The molecule has 0 radical (unpaired) electrons. The molecule has 0 aromatic heterocycles. The highest BCUT2D eigenvalue weighted by molar-refractivity contribution is 14.1. The first-order valence-corrected chi connectivity index (χ1v) is 5.51. The molecule has 2 N–H and O–H groups in total. The van der Waals surface area contributed by atoms with Crippen molar-refractivity contribution in [3.05, 3.63) is 0 Å². The molecule has 0 aromatic carbocycles. The maximum atomic E-state index is 5.88. The fourth-order valence-electron chi connectivity index (χ4n) is 1.66. The summed E-state index contributed by atoms with van der Waals surface area (Å²) in [7, 11) is 0. The zero-order valence-corrected chi connectivity index (χ0v) is 9.41. The number of likely N-dealkylation sites (tertiary alicyclic amines) is 1. The van der Waals surface area contributed by atoms with Gasteiger partial charge in [0.25, 0.3) is 0 Å². The first-order chi connectivity index (χ1) is 5.11. The van der Waals surface area contributed by atoms with Gasteiger partial charge in [-0.15, -0.1) is 0 Å². The second kappa shape index (κ2) is 4.05. The van der Waals surface area contributed by atoms with Crippen LogP contribution in [0.3, 0.4) is 0 Å². The lowest BCUT2D eigenvalue weighted by molar-refractivity contribution is 0.146. The molecule has 1 rings (SSSR count). The predicted molar refractivity (Wildman–Crippen MR) is 56.9 cm³/mol. The Balaban J connectivity index is 2.47. The molecule has 1 unspecified atom stereocenters. The topological polar surface area (TPSA) is 29.3 Å². The van der Waals surface area contributed by atoms with Gasteiger partial charge in [0, 0.05) is 18.6 Å². The normalized spacial score (nSPS) is 37.1. The summed E-state index contributed by atoms with van der Waals surface area (Å²) in [6.07, 6.45) is 2.45. The van der Waals surface area contributed by atoms with Crippen LogP contribution in [0.5, 0.6) is 0 Å². The van der Waals surface area contributed by atoms with E-state index in [0.29, 0.717) is 10.1 Å². The second-order valence-corrected chi connectivity index (χ2v) is 5.26. The average Bonchev–Trinajstić information content (AvgIpc) is 1.94. The third-order valence-corrected chi connectivity index (χ3v) is 3.14. The van der Waals surface area contributed by atoms with E-state index in [4.69, 9.17) is 5.73 Å². The van der Waals surface area contributed by atoms with Crippen LogP contribution in [0.2, 0.25) is 0 Å². The van der Waals surface area contributed by atoms with Crippen molar-refractivity contribution in [2.24, 2.45) is 5.73 Å². The van der Waals surface area contributed by atoms with Crippen molar-refractivity contribution in [2.75, 3.05) is 6.54 Å². The zero-order chi connectivity index (χ0) is 8.43. The summed E-state index contributed by atoms with van der Waals surface area (Å²) < 4.78 is 0.619. The molecule has 1 aliphatic heterocycles. The first-order valence-electron chi connectivity index (χ1n) is 4.26. The minimum absolute atomic E-state index is 0.406. The molecule has 11 heavy (non-hydrogen) atoms. The van der Waals surface area contributed by atoms with Crippen LogP contribution in [0.4, 0.5) is 0 Å². The van der Waals surface area contributed by atoms with E-state index in [1.54, 1.807) is 0 Å². The molecule has 2 nitrogen and oxygen atoms in total. The highest BCUT2D eigenvalue weighted by Crippen LogP contribution is 2.20. The number of hydrogen-bond donors (Lipinski definition) is 1. The Labute approximate surface area is 82.6 Å². The van der Waals surface area contributed by atoms with E-state index < -0.39 is 0 Å². The zero-order valence-electron chi connectivity index (χ0n) is 7.26. The van der Waals surface area contributed by atoms with Crippen LogP contribution in [0.1, 0.15) is 26.7 Å². The molecule has 3 atom stereocenters. The number of alkyl halides is 1. The molecule has 0 saturated carbocycles. The van der Waals surface area contributed by atoms with Gasteiger partial charge in [-0.25, -0.2) is 0 Å². The lowest BCUT2D eigenvalue weighted by Gasteiger charge is -2.38. The van der Waals surface area contributed by atoms with Crippen molar-refractivity contribution in [3.63, 3.8) is 0 Å². The van der Waals surface area contributed by atoms with Crippen LogP contribution >= 0.6 is 22.6 Å². The Kier molecular flexibility index (Phi) is 3.58. The summed E-state index contributed by atoms with van der Waals surface area (Å²) in [6, 6.07) is 1.13. The van der Waals surface area contributed by atoms with E-state index in [9.17, 15) is 0 Å². The molecule has 0 aliphatic carbocycles. The highest BCUT2D eigenvalue weighted by atomic mass is 127. The summed E-state index contributed by atoms with van der Waals surface area (Å²) in [6.45, 7) is 5.60. The van der Waals surface area contributed by atoms with E-state index in [-0.39, 0.29) is 0 Å². The van der Waals surface area contributed by atoms with Crippen LogP contribution in [0.15, 0.2) is 0 Å². The lowest BCUT2D eigenvalue weighted by Crippen LogP contribution is -2.49. The summed E-state index contributed by atoms with van der Waals surface area (Å²) in [4.78, 5) is 2.48. The van der Waals surface area contributed by atoms with Crippen molar-refractivity contribution in [1.29, 1.82) is 0 Å². The monoisotopic (exact) mass is 268 g/mol. The van der Waals surface area contributed by atoms with Gasteiger partial charge in [0.1, 0.15) is 0 Å². The molecule has 0 aromatic rings. The first kappa shape index (κ1) is 9.74. The van der Waals surface area contributed by atoms with Gasteiger partial charge in [-0.1, -0.05) is 22.6 Å². The van der Waals surface area contributed by atoms with Crippen molar-refractivity contribution < 1.29 is 0 Å². The van der Waals surface area contributed by atoms with E-state index in [2.05, 4.69) is 41.3 Å². The molecule has 1 fully saturated rings. The van der Waals surface area contributed by atoms with Crippen molar-refractivity contribution in [1.82, 2.24) is 4.90 Å². The van der Waals surface area contributed by atoms with Gasteiger partial charge in [-0.3, -0.25) is 4.90 Å². The third kappa shape index (κ3) is 2.56. The molecule has 1 saturated heterocycles. The van der Waals surface area contributed by atoms with Crippen molar-refractivity contribution in [3.8, 4) is 0 Å². The lowest BCUT2D eigenvalue weighted by atomic mass is 10.0. The summed E-state index contributed by atoms with van der Waals surface area (Å²) in [5, 5.41) is 0. The largest absolute Gasteiger partial charge is 0.327 e. The average molecular weight is 268 g/mol.